The normalized spacial score (nSPS) is 11.8. The Bertz CT molecular complexity index is 136. The van der Waals surface area contributed by atoms with E-state index in [4.69, 9.17) is 0 Å². The maximum Gasteiger partial charge on any atom is 0.159 e. The van der Waals surface area contributed by atoms with Crippen LogP contribution in [0.2, 0.25) is 0 Å². The first kappa shape index (κ1) is 8.30. The molecule has 0 aromatic carbocycles. The van der Waals surface area contributed by atoms with Crippen LogP contribution in [0.4, 0.5) is 0 Å². The van der Waals surface area contributed by atoms with Crippen LogP contribution in [0, 0.1) is 0 Å². The van der Waals surface area contributed by atoms with Gasteiger partial charge in [-0.2, -0.15) is 12.6 Å². The van der Waals surface area contributed by atoms with Gasteiger partial charge in [0.2, 0.25) is 0 Å². The topological polar surface area (TPSA) is 34.1 Å². The zero-order valence-corrected chi connectivity index (χ0v) is 6.50. The monoisotopic (exact) mass is 154 g/mol. The maximum absolute atomic E-state index is 10.5. The summed E-state index contributed by atoms with van der Waals surface area (Å²) in [7, 11) is -2.81. The summed E-state index contributed by atoms with van der Waals surface area (Å²) in [5.74, 6) is 0.260. The molecule has 0 unspecified atom stereocenters. The van der Waals surface area contributed by atoms with Gasteiger partial charge in [0, 0.05) is 0 Å². The molecule has 4 heteroatoms. The molecule has 0 aliphatic heterocycles. The Morgan fingerprint density at radius 1 is 1.50 bits per heavy atom. The Labute approximate surface area is 55.6 Å². The van der Waals surface area contributed by atoms with Crippen LogP contribution in [0.1, 0.15) is 13.3 Å². The van der Waals surface area contributed by atoms with Gasteiger partial charge in [0.1, 0.15) is 0 Å². The molecular weight excluding hydrogens is 144 g/mol. The van der Waals surface area contributed by atoms with Crippen molar-refractivity contribution in [2.45, 2.75) is 13.3 Å². The average molecular weight is 154 g/mol. The van der Waals surface area contributed by atoms with E-state index < -0.39 is 9.84 Å². The molecule has 0 aromatic heterocycles. The molecule has 0 N–H and O–H groups in total. The van der Waals surface area contributed by atoms with Gasteiger partial charge < -0.3 is 0 Å². The van der Waals surface area contributed by atoms with Gasteiger partial charge in [-0.25, -0.2) is 8.42 Å². The largest absolute Gasteiger partial charge is 0.228 e. The maximum atomic E-state index is 10.5. The molecule has 0 spiro atoms. The fourth-order valence-corrected chi connectivity index (χ4v) is 1.51. The molecule has 0 aromatic rings. The lowest BCUT2D eigenvalue weighted by atomic mass is 10.6. The highest BCUT2D eigenvalue weighted by atomic mass is 32.2. The lowest BCUT2D eigenvalue weighted by Gasteiger charge is -1.93. The minimum Gasteiger partial charge on any atom is -0.228 e. The molecule has 2 nitrogen and oxygen atoms in total. The molecule has 0 saturated heterocycles. The predicted octanol–water partition coefficient (Wildman–Crippen LogP) is 0.699. The first-order valence-corrected chi connectivity index (χ1v) is 4.89. The fourth-order valence-electron chi connectivity index (χ4n) is 0.376. The average Bonchev–Trinajstić information content (AvgIpc) is 1.67. The van der Waals surface area contributed by atoms with Crippen LogP contribution in [0.15, 0.2) is 0 Å². The molecule has 0 atom stereocenters. The molecule has 0 aliphatic carbocycles. The van der Waals surface area contributed by atoms with Crippen molar-refractivity contribution in [1.29, 1.82) is 0 Å². The molecule has 0 saturated carbocycles. The Morgan fingerprint density at radius 3 is 2.12 bits per heavy atom. The van der Waals surface area contributed by atoms with Crippen molar-refractivity contribution in [3.05, 3.63) is 0 Å². The second-order valence-corrected chi connectivity index (χ2v) is 4.50. The lowest BCUT2D eigenvalue weighted by molar-refractivity contribution is 0.599. The highest BCUT2D eigenvalue weighted by molar-refractivity contribution is 8.03. The van der Waals surface area contributed by atoms with Crippen LogP contribution in [-0.4, -0.2) is 19.3 Å². The van der Waals surface area contributed by atoms with E-state index in [1.165, 1.54) is 0 Å². The molecule has 0 heterocycles. The van der Waals surface area contributed by atoms with E-state index in [1.807, 2.05) is 6.92 Å². The van der Waals surface area contributed by atoms with Crippen molar-refractivity contribution in [1.82, 2.24) is 0 Å². The van der Waals surface area contributed by atoms with Crippen LogP contribution in [0.3, 0.4) is 0 Å². The molecule has 0 rings (SSSR count). The molecule has 0 radical (unpaired) electrons. The van der Waals surface area contributed by atoms with Gasteiger partial charge in [0.15, 0.2) is 9.84 Å². The smallest absolute Gasteiger partial charge is 0.159 e. The van der Waals surface area contributed by atoms with Gasteiger partial charge in [-0.1, -0.05) is 6.92 Å². The SMILES string of the molecule is CCCS(=O)(=O)CS. The van der Waals surface area contributed by atoms with Crippen molar-refractivity contribution < 1.29 is 8.42 Å². The van der Waals surface area contributed by atoms with E-state index in [1.54, 1.807) is 0 Å². The van der Waals surface area contributed by atoms with Gasteiger partial charge >= 0.3 is 0 Å². The first-order chi connectivity index (χ1) is 3.62. The van der Waals surface area contributed by atoms with Crippen LogP contribution in [0.5, 0.6) is 0 Å². The highest BCUT2D eigenvalue weighted by Crippen LogP contribution is 1.94. The Balaban J connectivity index is 3.76. The van der Waals surface area contributed by atoms with E-state index in [0.717, 1.165) is 0 Å². The summed E-state index contributed by atoms with van der Waals surface area (Å²) in [6.45, 7) is 1.83. The quantitative estimate of drug-likeness (QED) is 0.607. The van der Waals surface area contributed by atoms with Crippen LogP contribution in [0.25, 0.3) is 0 Å². The van der Waals surface area contributed by atoms with E-state index in [9.17, 15) is 8.42 Å². The number of hydrogen-bond acceptors (Lipinski definition) is 3. The molecular formula is C4H10O2S2. The van der Waals surface area contributed by atoms with Gasteiger partial charge in [0.25, 0.3) is 0 Å². The second-order valence-electron chi connectivity index (χ2n) is 1.58. The predicted molar refractivity (Wildman–Crippen MR) is 37.9 cm³/mol. The third-order valence-corrected chi connectivity index (χ3v) is 3.32. The van der Waals surface area contributed by atoms with Gasteiger partial charge in [-0.3, -0.25) is 0 Å². The minimum atomic E-state index is -2.81. The molecule has 0 aliphatic rings. The molecule has 0 fully saturated rings. The second kappa shape index (κ2) is 3.35. The van der Waals surface area contributed by atoms with Crippen molar-refractivity contribution in [3.8, 4) is 0 Å². The van der Waals surface area contributed by atoms with Crippen LogP contribution in [-0.2, 0) is 9.84 Å². The zero-order valence-electron chi connectivity index (χ0n) is 4.79. The number of rotatable bonds is 3. The number of sulfone groups is 1. The summed E-state index contributed by atoms with van der Waals surface area (Å²) >= 11 is 3.65. The molecule has 50 valence electrons. The summed E-state index contributed by atoms with van der Waals surface area (Å²) in [6, 6.07) is 0. The summed E-state index contributed by atoms with van der Waals surface area (Å²) in [5.41, 5.74) is 0. The zero-order chi connectivity index (χ0) is 6.62. The van der Waals surface area contributed by atoms with Crippen molar-refractivity contribution in [2.75, 3.05) is 10.8 Å². The minimum absolute atomic E-state index is 0.0269. The fraction of sp³-hybridized carbons (Fsp3) is 1.00. The first-order valence-electron chi connectivity index (χ1n) is 2.43. The van der Waals surface area contributed by atoms with E-state index >= 15 is 0 Å². The third-order valence-electron chi connectivity index (χ3n) is 0.712. The Kier molecular flexibility index (Phi) is 3.48. The van der Waals surface area contributed by atoms with E-state index in [2.05, 4.69) is 12.6 Å². The number of hydrogen-bond donors (Lipinski definition) is 1. The van der Waals surface area contributed by atoms with Crippen molar-refractivity contribution in [2.24, 2.45) is 0 Å². The lowest BCUT2D eigenvalue weighted by Crippen LogP contribution is -2.05. The third kappa shape index (κ3) is 3.32. The summed E-state index contributed by atoms with van der Waals surface area (Å²) in [6.07, 6.45) is 0.683. The molecule has 0 bridgehead atoms. The van der Waals surface area contributed by atoms with Crippen LogP contribution >= 0.6 is 12.6 Å². The Hall–Kier alpha value is 0.300. The molecule has 0 amide bonds. The summed E-state index contributed by atoms with van der Waals surface area (Å²) < 4.78 is 21.0. The highest BCUT2D eigenvalue weighted by Gasteiger charge is 2.03. The van der Waals surface area contributed by atoms with Gasteiger partial charge in [-0.05, 0) is 6.42 Å². The number of thiol groups is 1. The summed E-state index contributed by atoms with van der Waals surface area (Å²) in [4.78, 5) is 0. The van der Waals surface area contributed by atoms with Crippen molar-refractivity contribution >= 4 is 22.5 Å². The van der Waals surface area contributed by atoms with E-state index in [-0.39, 0.29) is 10.8 Å². The van der Waals surface area contributed by atoms with Crippen molar-refractivity contribution in [3.63, 3.8) is 0 Å². The van der Waals surface area contributed by atoms with Gasteiger partial charge in [0.05, 0.1) is 10.8 Å². The summed E-state index contributed by atoms with van der Waals surface area (Å²) in [5, 5.41) is -0.0269. The Morgan fingerprint density at radius 2 is 2.00 bits per heavy atom. The van der Waals surface area contributed by atoms with E-state index in [0.29, 0.717) is 6.42 Å². The standard InChI is InChI=1S/C4H10O2S2/c1-2-3-8(5,6)4-7/h7H,2-4H2,1H3. The van der Waals surface area contributed by atoms with Gasteiger partial charge in [-0.15, -0.1) is 0 Å². The molecule has 8 heavy (non-hydrogen) atoms. The van der Waals surface area contributed by atoms with Crippen LogP contribution < -0.4 is 0 Å².